The van der Waals surface area contributed by atoms with E-state index in [9.17, 15) is 4.39 Å². The number of hydrogen-bond donors (Lipinski definition) is 0. The number of para-hydroxylation sites is 1. The number of aromatic nitrogens is 3. The summed E-state index contributed by atoms with van der Waals surface area (Å²) >= 11 is 5.66. The molecule has 7 heteroatoms. The Hall–Kier alpha value is -2.51. The zero-order valence-corrected chi connectivity index (χ0v) is 16.6. The third-order valence-electron chi connectivity index (χ3n) is 4.76. The fraction of sp³-hybridized carbons (Fsp3) is 0.333. The van der Waals surface area contributed by atoms with Crippen molar-refractivity contribution in [2.75, 3.05) is 20.2 Å². The van der Waals surface area contributed by atoms with Crippen LogP contribution in [-0.2, 0) is 6.67 Å². The van der Waals surface area contributed by atoms with Gasteiger partial charge in [0.05, 0.1) is 12.2 Å². The molecule has 1 heterocycles. The SMILES string of the molecule is CN(CCOc1ccccc1)Cn1nc(-c2ccccc2F)n(C2CC2)c1=S. The van der Waals surface area contributed by atoms with Crippen LogP contribution in [0.1, 0.15) is 18.9 Å². The van der Waals surface area contributed by atoms with E-state index in [1.54, 1.807) is 16.8 Å². The maximum atomic E-state index is 14.3. The second kappa shape index (κ2) is 8.24. The first-order valence-electron chi connectivity index (χ1n) is 9.44. The Balaban J connectivity index is 1.48. The topological polar surface area (TPSA) is 35.2 Å². The molecule has 1 aromatic heterocycles. The number of halogens is 1. The van der Waals surface area contributed by atoms with Crippen molar-refractivity contribution in [1.29, 1.82) is 0 Å². The predicted molar refractivity (Wildman–Crippen MR) is 109 cm³/mol. The molecule has 1 fully saturated rings. The molecule has 0 atom stereocenters. The minimum Gasteiger partial charge on any atom is -0.492 e. The van der Waals surface area contributed by atoms with Gasteiger partial charge in [-0.15, -0.1) is 0 Å². The Kier molecular flexibility index (Phi) is 5.54. The standard InChI is InChI=1S/C21H23FN4OS/c1-24(13-14-27-17-7-3-2-4-8-17)15-25-21(28)26(16-11-12-16)20(23-25)18-9-5-6-10-19(18)22/h2-10,16H,11-15H2,1H3. The first-order chi connectivity index (χ1) is 13.6. The van der Waals surface area contributed by atoms with Gasteiger partial charge in [-0.25, -0.2) is 9.07 Å². The number of rotatable bonds is 8. The van der Waals surface area contributed by atoms with Gasteiger partial charge in [-0.05, 0) is 56.4 Å². The zero-order chi connectivity index (χ0) is 19.5. The van der Waals surface area contributed by atoms with Crippen LogP contribution in [0.3, 0.4) is 0 Å². The molecule has 0 saturated heterocycles. The third-order valence-corrected chi connectivity index (χ3v) is 5.17. The average molecular weight is 399 g/mol. The van der Waals surface area contributed by atoms with Crippen molar-refractivity contribution in [2.24, 2.45) is 0 Å². The molecule has 1 aliphatic carbocycles. The van der Waals surface area contributed by atoms with Crippen LogP contribution in [0.15, 0.2) is 54.6 Å². The normalized spacial score (nSPS) is 13.8. The minimum atomic E-state index is -0.277. The highest BCUT2D eigenvalue weighted by atomic mass is 32.1. The van der Waals surface area contributed by atoms with E-state index in [4.69, 9.17) is 17.0 Å². The van der Waals surface area contributed by atoms with E-state index in [1.807, 2.05) is 48.0 Å². The molecule has 0 aliphatic heterocycles. The Morgan fingerprint density at radius 2 is 1.86 bits per heavy atom. The van der Waals surface area contributed by atoms with Crippen molar-refractivity contribution in [1.82, 2.24) is 19.2 Å². The highest BCUT2D eigenvalue weighted by Crippen LogP contribution is 2.38. The molecule has 2 aromatic carbocycles. The van der Waals surface area contributed by atoms with Gasteiger partial charge in [0.15, 0.2) is 10.6 Å². The average Bonchev–Trinajstić information content (AvgIpc) is 3.48. The van der Waals surface area contributed by atoms with Gasteiger partial charge in [0.2, 0.25) is 0 Å². The van der Waals surface area contributed by atoms with Gasteiger partial charge in [0.25, 0.3) is 0 Å². The number of ether oxygens (including phenoxy) is 1. The molecule has 0 bridgehead atoms. The summed E-state index contributed by atoms with van der Waals surface area (Å²) in [4.78, 5) is 2.09. The van der Waals surface area contributed by atoms with Gasteiger partial charge < -0.3 is 4.74 Å². The number of hydrogen-bond acceptors (Lipinski definition) is 4. The molecule has 1 saturated carbocycles. The van der Waals surface area contributed by atoms with Gasteiger partial charge in [0.1, 0.15) is 18.2 Å². The van der Waals surface area contributed by atoms with Crippen molar-refractivity contribution >= 4 is 12.2 Å². The molecule has 5 nitrogen and oxygen atoms in total. The van der Waals surface area contributed by atoms with Crippen molar-refractivity contribution in [3.63, 3.8) is 0 Å². The van der Waals surface area contributed by atoms with Gasteiger partial charge in [0, 0.05) is 12.6 Å². The highest BCUT2D eigenvalue weighted by molar-refractivity contribution is 7.71. The fourth-order valence-electron chi connectivity index (χ4n) is 3.14. The summed E-state index contributed by atoms with van der Waals surface area (Å²) in [5.41, 5.74) is 0.495. The number of nitrogens with zero attached hydrogens (tertiary/aromatic N) is 4. The maximum absolute atomic E-state index is 14.3. The molecular formula is C21H23FN4OS. The third kappa shape index (κ3) is 4.15. The smallest absolute Gasteiger partial charge is 0.199 e. The summed E-state index contributed by atoms with van der Waals surface area (Å²) in [5, 5.41) is 4.66. The van der Waals surface area contributed by atoms with E-state index in [0.717, 1.165) is 25.1 Å². The van der Waals surface area contributed by atoms with Gasteiger partial charge in [-0.1, -0.05) is 30.3 Å². The van der Waals surface area contributed by atoms with Crippen LogP contribution in [0.25, 0.3) is 11.4 Å². The van der Waals surface area contributed by atoms with Crippen LogP contribution < -0.4 is 4.74 Å². The Morgan fingerprint density at radius 1 is 1.14 bits per heavy atom. The van der Waals surface area contributed by atoms with E-state index in [2.05, 4.69) is 10.00 Å². The monoisotopic (exact) mass is 398 g/mol. The maximum Gasteiger partial charge on any atom is 0.199 e. The summed E-state index contributed by atoms with van der Waals surface area (Å²) in [6.45, 7) is 1.82. The summed E-state index contributed by atoms with van der Waals surface area (Å²) in [7, 11) is 2.00. The molecule has 1 aliphatic rings. The molecule has 28 heavy (non-hydrogen) atoms. The molecular weight excluding hydrogens is 375 g/mol. The van der Waals surface area contributed by atoms with Crippen LogP contribution in [0.5, 0.6) is 5.75 Å². The lowest BCUT2D eigenvalue weighted by Gasteiger charge is -2.16. The lowest BCUT2D eigenvalue weighted by atomic mass is 10.2. The van der Waals surface area contributed by atoms with Gasteiger partial charge >= 0.3 is 0 Å². The van der Waals surface area contributed by atoms with Crippen LogP contribution in [0.2, 0.25) is 0 Å². The Bertz CT molecular complexity index is 997. The van der Waals surface area contributed by atoms with E-state index in [1.165, 1.54) is 6.07 Å². The minimum absolute atomic E-state index is 0.277. The van der Waals surface area contributed by atoms with Gasteiger partial charge in [-0.2, -0.15) is 5.10 Å². The van der Waals surface area contributed by atoms with E-state index in [0.29, 0.717) is 35.5 Å². The highest BCUT2D eigenvalue weighted by Gasteiger charge is 2.30. The van der Waals surface area contributed by atoms with E-state index < -0.39 is 0 Å². The number of benzene rings is 2. The van der Waals surface area contributed by atoms with Crippen LogP contribution in [0, 0.1) is 10.6 Å². The molecule has 0 radical (unpaired) electrons. The van der Waals surface area contributed by atoms with Gasteiger partial charge in [-0.3, -0.25) is 9.47 Å². The van der Waals surface area contributed by atoms with Crippen molar-refractivity contribution < 1.29 is 9.13 Å². The summed E-state index contributed by atoms with van der Waals surface area (Å²) in [5.74, 6) is 1.19. The van der Waals surface area contributed by atoms with Crippen molar-refractivity contribution in [3.8, 4) is 17.1 Å². The number of likely N-dealkylation sites (N-methyl/N-ethyl adjacent to an activating group) is 1. The van der Waals surface area contributed by atoms with Crippen LogP contribution in [-0.4, -0.2) is 39.4 Å². The quantitative estimate of drug-likeness (QED) is 0.523. The largest absolute Gasteiger partial charge is 0.492 e. The van der Waals surface area contributed by atoms with Crippen LogP contribution in [0.4, 0.5) is 4.39 Å². The molecule has 3 aromatic rings. The zero-order valence-electron chi connectivity index (χ0n) is 15.8. The van der Waals surface area contributed by atoms with E-state index in [-0.39, 0.29) is 5.82 Å². The summed E-state index contributed by atoms with van der Waals surface area (Å²) < 4.78 is 24.5. The van der Waals surface area contributed by atoms with E-state index >= 15 is 0 Å². The fourth-order valence-corrected chi connectivity index (χ4v) is 3.47. The molecule has 4 rings (SSSR count). The second-order valence-corrected chi connectivity index (χ2v) is 7.43. The Labute approximate surface area is 169 Å². The van der Waals surface area contributed by atoms with Crippen molar-refractivity contribution in [2.45, 2.75) is 25.6 Å². The summed E-state index contributed by atoms with van der Waals surface area (Å²) in [6, 6.07) is 16.8. The molecule has 0 unspecified atom stereocenters. The summed E-state index contributed by atoms with van der Waals surface area (Å²) in [6.07, 6.45) is 2.12. The van der Waals surface area contributed by atoms with Crippen molar-refractivity contribution in [3.05, 3.63) is 65.2 Å². The van der Waals surface area contributed by atoms with Crippen LogP contribution >= 0.6 is 12.2 Å². The first-order valence-corrected chi connectivity index (χ1v) is 9.85. The molecule has 146 valence electrons. The predicted octanol–water partition coefficient (Wildman–Crippen LogP) is 4.52. The lowest BCUT2D eigenvalue weighted by molar-refractivity contribution is 0.197. The second-order valence-electron chi connectivity index (χ2n) is 7.07. The molecule has 0 amide bonds. The molecule has 0 spiro atoms. The molecule has 0 N–H and O–H groups in total. The Morgan fingerprint density at radius 3 is 2.57 bits per heavy atom. The lowest BCUT2D eigenvalue weighted by Crippen LogP contribution is -2.27. The first kappa shape index (κ1) is 18.8.